The molecule has 2 N–H and O–H groups in total. The van der Waals surface area contributed by atoms with Gasteiger partial charge in [0.2, 0.25) is 0 Å². The van der Waals surface area contributed by atoms with Crippen molar-refractivity contribution in [2.45, 2.75) is 23.8 Å². The molecule has 6 heteroatoms. The molecule has 0 atom stereocenters. The third-order valence-corrected chi connectivity index (χ3v) is 4.68. The Hall–Kier alpha value is -0.230. The number of hydrogen-bond donors (Lipinski definition) is 1. The maximum Gasteiger partial charge on any atom is 0.265 e. The van der Waals surface area contributed by atoms with Crippen LogP contribution in [0.5, 0.6) is 0 Å². The number of likely N-dealkylation sites (tertiary alicyclic amines) is 1. The summed E-state index contributed by atoms with van der Waals surface area (Å²) in [6, 6.07) is 2.28. The quantitative estimate of drug-likeness (QED) is 0.852. The van der Waals surface area contributed by atoms with Gasteiger partial charge in [0, 0.05) is 24.0 Å². The highest BCUT2D eigenvalue weighted by Gasteiger charge is 2.23. The summed E-state index contributed by atoms with van der Waals surface area (Å²) in [5, 5.41) is 1.98. The van der Waals surface area contributed by atoms with E-state index in [1.807, 2.05) is 22.6 Å². The maximum atomic E-state index is 12.2. The minimum absolute atomic E-state index is 0. The molecular weight excluding hydrogens is 276 g/mol. The summed E-state index contributed by atoms with van der Waals surface area (Å²) < 4.78 is 0. The van der Waals surface area contributed by atoms with Gasteiger partial charge in [0.1, 0.15) is 4.88 Å². The molecule has 1 fully saturated rings. The molecule has 1 aliphatic rings. The van der Waals surface area contributed by atoms with E-state index in [0.29, 0.717) is 0 Å². The number of carbonyl (C=O) groups is 1. The Balaban J connectivity index is 0.00000144. The Labute approximate surface area is 116 Å². The first-order chi connectivity index (χ1) is 7.72. The zero-order valence-electron chi connectivity index (χ0n) is 9.72. The van der Waals surface area contributed by atoms with Crippen molar-refractivity contribution >= 4 is 41.4 Å². The number of thiophene rings is 1. The number of thioether (sulfide) groups is 1. The molecule has 0 spiro atoms. The van der Waals surface area contributed by atoms with Crippen LogP contribution in [0, 0.1) is 0 Å². The van der Waals surface area contributed by atoms with Crippen LogP contribution in [0.25, 0.3) is 0 Å². The topological polar surface area (TPSA) is 46.3 Å². The van der Waals surface area contributed by atoms with Crippen molar-refractivity contribution in [2.24, 2.45) is 5.73 Å². The van der Waals surface area contributed by atoms with Crippen LogP contribution in [0.3, 0.4) is 0 Å². The maximum absolute atomic E-state index is 12.2. The zero-order valence-corrected chi connectivity index (χ0v) is 12.2. The van der Waals surface area contributed by atoms with Crippen molar-refractivity contribution in [3.05, 3.63) is 16.3 Å². The second-order valence-corrected chi connectivity index (χ2v) is 5.71. The highest BCUT2D eigenvalue weighted by Crippen LogP contribution is 2.27. The minimum atomic E-state index is 0. The lowest BCUT2D eigenvalue weighted by atomic mass is 10.1. The van der Waals surface area contributed by atoms with Gasteiger partial charge in [-0.3, -0.25) is 4.79 Å². The SMILES string of the molecule is CSc1ccsc1C(=O)N1CCC(N)CC1.Cl. The fraction of sp³-hybridized carbons (Fsp3) is 0.545. The van der Waals surface area contributed by atoms with Crippen molar-refractivity contribution in [3.8, 4) is 0 Å². The average molecular weight is 293 g/mol. The lowest BCUT2D eigenvalue weighted by Gasteiger charge is -2.30. The average Bonchev–Trinajstić information content (AvgIpc) is 2.77. The van der Waals surface area contributed by atoms with E-state index >= 15 is 0 Å². The van der Waals surface area contributed by atoms with E-state index in [9.17, 15) is 4.79 Å². The molecule has 2 heterocycles. The fourth-order valence-corrected chi connectivity index (χ4v) is 3.57. The molecule has 0 aliphatic carbocycles. The number of halogens is 1. The molecule has 0 saturated carbocycles. The largest absolute Gasteiger partial charge is 0.338 e. The first-order valence-corrected chi connectivity index (χ1v) is 7.49. The van der Waals surface area contributed by atoms with Gasteiger partial charge in [-0.05, 0) is 30.5 Å². The van der Waals surface area contributed by atoms with E-state index in [4.69, 9.17) is 5.73 Å². The first-order valence-electron chi connectivity index (χ1n) is 5.38. The monoisotopic (exact) mass is 292 g/mol. The summed E-state index contributed by atoms with van der Waals surface area (Å²) >= 11 is 3.17. The molecule has 2 rings (SSSR count). The molecule has 1 aromatic rings. The van der Waals surface area contributed by atoms with Gasteiger partial charge in [-0.2, -0.15) is 0 Å². The highest BCUT2D eigenvalue weighted by atomic mass is 35.5. The van der Waals surface area contributed by atoms with Crippen molar-refractivity contribution in [1.82, 2.24) is 4.90 Å². The molecule has 0 bridgehead atoms. The second-order valence-electron chi connectivity index (χ2n) is 3.95. The normalized spacial score (nSPS) is 16.7. The lowest BCUT2D eigenvalue weighted by Crippen LogP contribution is -2.42. The van der Waals surface area contributed by atoms with Crippen LogP contribution in [0.1, 0.15) is 22.5 Å². The van der Waals surface area contributed by atoms with Crippen LogP contribution in [0.15, 0.2) is 16.3 Å². The van der Waals surface area contributed by atoms with Crippen molar-refractivity contribution in [1.29, 1.82) is 0 Å². The number of piperidine rings is 1. The van der Waals surface area contributed by atoms with Gasteiger partial charge in [-0.25, -0.2) is 0 Å². The van der Waals surface area contributed by atoms with Gasteiger partial charge in [-0.15, -0.1) is 35.5 Å². The van der Waals surface area contributed by atoms with Crippen LogP contribution >= 0.6 is 35.5 Å². The fourth-order valence-electron chi connectivity index (χ4n) is 1.86. The lowest BCUT2D eigenvalue weighted by molar-refractivity contribution is 0.0716. The van der Waals surface area contributed by atoms with Crippen LogP contribution in [-0.4, -0.2) is 36.2 Å². The van der Waals surface area contributed by atoms with Gasteiger partial charge >= 0.3 is 0 Å². The summed E-state index contributed by atoms with van der Waals surface area (Å²) in [5.74, 6) is 0.172. The minimum Gasteiger partial charge on any atom is -0.338 e. The number of amides is 1. The van der Waals surface area contributed by atoms with Crippen LogP contribution < -0.4 is 5.73 Å². The van der Waals surface area contributed by atoms with Crippen molar-refractivity contribution in [3.63, 3.8) is 0 Å². The molecular formula is C11H17ClN2OS2. The molecule has 17 heavy (non-hydrogen) atoms. The predicted octanol–water partition coefficient (Wildman–Crippen LogP) is 2.46. The van der Waals surface area contributed by atoms with Gasteiger partial charge in [0.15, 0.2) is 0 Å². The Bertz CT molecular complexity index is 375. The molecule has 1 aliphatic heterocycles. The summed E-state index contributed by atoms with van der Waals surface area (Å²) in [4.78, 5) is 16.1. The Morgan fingerprint density at radius 2 is 2.18 bits per heavy atom. The van der Waals surface area contributed by atoms with Gasteiger partial charge in [0.25, 0.3) is 5.91 Å². The summed E-state index contributed by atoms with van der Waals surface area (Å²) in [5.41, 5.74) is 5.83. The highest BCUT2D eigenvalue weighted by molar-refractivity contribution is 7.98. The Morgan fingerprint density at radius 1 is 1.53 bits per heavy atom. The third kappa shape index (κ3) is 3.37. The molecule has 0 aromatic carbocycles. The first kappa shape index (κ1) is 14.8. The van der Waals surface area contributed by atoms with E-state index in [2.05, 4.69) is 0 Å². The van der Waals surface area contributed by atoms with E-state index < -0.39 is 0 Å². The molecule has 96 valence electrons. The van der Waals surface area contributed by atoms with E-state index in [0.717, 1.165) is 35.7 Å². The van der Waals surface area contributed by atoms with E-state index in [1.54, 1.807) is 11.8 Å². The van der Waals surface area contributed by atoms with Gasteiger partial charge in [0.05, 0.1) is 0 Å². The predicted molar refractivity (Wildman–Crippen MR) is 76.5 cm³/mol. The Kier molecular flexibility index (Phi) is 5.79. The molecule has 0 unspecified atom stereocenters. The summed E-state index contributed by atoms with van der Waals surface area (Å²) in [6.07, 6.45) is 3.85. The van der Waals surface area contributed by atoms with E-state index in [-0.39, 0.29) is 24.4 Å². The number of carbonyl (C=O) groups excluding carboxylic acids is 1. The Morgan fingerprint density at radius 3 is 2.76 bits per heavy atom. The van der Waals surface area contributed by atoms with E-state index in [1.165, 1.54) is 11.3 Å². The second kappa shape index (κ2) is 6.64. The molecule has 1 saturated heterocycles. The summed E-state index contributed by atoms with van der Waals surface area (Å²) in [7, 11) is 0. The molecule has 0 radical (unpaired) electrons. The van der Waals surface area contributed by atoms with Crippen molar-refractivity contribution < 1.29 is 4.79 Å². The van der Waals surface area contributed by atoms with Crippen LogP contribution in [-0.2, 0) is 0 Å². The third-order valence-electron chi connectivity index (χ3n) is 2.87. The summed E-state index contributed by atoms with van der Waals surface area (Å²) in [6.45, 7) is 1.59. The molecule has 1 aromatic heterocycles. The van der Waals surface area contributed by atoms with Gasteiger partial charge < -0.3 is 10.6 Å². The zero-order chi connectivity index (χ0) is 11.5. The number of nitrogens with zero attached hydrogens (tertiary/aromatic N) is 1. The van der Waals surface area contributed by atoms with Gasteiger partial charge in [-0.1, -0.05) is 0 Å². The standard InChI is InChI=1S/C11H16N2OS2.ClH/c1-15-9-4-7-16-10(9)11(14)13-5-2-8(12)3-6-13;/h4,7-8H,2-3,5-6,12H2,1H3;1H. The van der Waals surface area contributed by atoms with Crippen LogP contribution in [0.4, 0.5) is 0 Å². The molecule has 3 nitrogen and oxygen atoms in total. The number of nitrogens with two attached hydrogens (primary N) is 1. The number of hydrogen-bond acceptors (Lipinski definition) is 4. The van der Waals surface area contributed by atoms with Crippen molar-refractivity contribution in [2.75, 3.05) is 19.3 Å². The van der Waals surface area contributed by atoms with Crippen LogP contribution in [0.2, 0.25) is 0 Å². The smallest absolute Gasteiger partial charge is 0.265 e. The number of rotatable bonds is 2. The molecule has 1 amide bonds.